The predicted molar refractivity (Wildman–Crippen MR) is 211 cm³/mol. The van der Waals surface area contributed by atoms with Gasteiger partial charge in [0.1, 0.15) is 0 Å². The Morgan fingerprint density at radius 3 is 1.67 bits per heavy atom. The van der Waals surface area contributed by atoms with Gasteiger partial charge in [0.25, 0.3) is 0 Å². The molecular weight excluding hydrogens is 617 g/mol. The van der Waals surface area contributed by atoms with Gasteiger partial charge in [-0.25, -0.2) is 0 Å². The lowest BCUT2D eigenvalue weighted by Crippen LogP contribution is -2.32. The molecule has 2 nitrogen and oxygen atoms in total. The molecule has 3 aliphatic carbocycles. The van der Waals surface area contributed by atoms with Crippen LogP contribution in [0.15, 0.2) is 182 Å². The molecule has 0 amide bonds. The number of hydrogen-bond donors (Lipinski definition) is 0. The fourth-order valence-electron chi connectivity index (χ4n) is 10.4. The quantitative estimate of drug-likeness (QED) is 0.177. The van der Waals surface area contributed by atoms with Crippen molar-refractivity contribution in [3.63, 3.8) is 0 Å². The van der Waals surface area contributed by atoms with E-state index in [9.17, 15) is 0 Å². The summed E-state index contributed by atoms with van der Waals surface area (Å²) in [6.07, 6.45) is 9.55. The van der Waals surface area contributed by atoms with Crippen LogP contribution >= 0.6 is 0 Å². The van der Waals surface area contributed by atoms with E-state index in [0.29, 0.717) is 0 Å². The van der Waals surface area contributed by atoms with Gasteiger partial charge < -0.3 is 9.13 Å². The number of fused-ring (bicyclic) bond motifs is 18. The van der Waals surface area contributed by atoms with Gasteiger partial charge in [0.15, 0.2) is 0 Å². The zero-order chi connectivity index (χ0) is 33.3. The topological polar surface area (TPSA) is 9.86 Å². The van der Waals surface area contributed by atoms with Crippen molar-refractivity contribution in [2.24, 2.45) is 5.92 Å². The monoisotopic (exact) mass is 648 g/mol. The molecule has 0 saturated heterocycles. The summed E-state index contributed by atoms with van der Waals surface area (Å²) in [6, 6.07) is 58.8. The summed E-state index contributed by atoms with van der Waals surface area (Å²) in [4.78, 5) is 0. The first-order valence-corrected chi connectivity index (χ1v) is 18.0. The molecule has 0 radical (unpaired) electrons. The largest absolute Gasteiger partial charge is 0.309 e. The lowest BCUT2D eigenvalue weighted by molar-refractivity contribution is 0.466. The van der Waals surface area contributed by atoms with Crippen LogP contribution in [0.5, 0.6) is 0 Å². The zero-order valence-electron chi connectivity index (χ0n) is 27.9. The van der Waals surface area contributed by atoms with Crippen LogP contribution in [0.3, 0.4) is 0 Å². The van der Waals surface area contributed by atoms with Crippen molar-refractivity contribution < 1.29 is 0 Å². The molecule has 0 aliphatic heterocycles. The van der Waals surface area contributed by atoms with Gasteiger partial charge >= 0.3 is 0 Å². The second-order valence-electron chi connectivity index (χ2n) is 14.4. The van der Waals surface area contributed by atoms with Gasteiger partial charge in [-0.1, -0.05) is 146 Å². The summed E-state index contributed by atoms with van der Waals surface area (Å²) in [5, 5.41) is 5.21. The van der Waals surface area contributed by atoms with Gasteiger partial charge in [-0.15, -0.1) is 0 Å². The first-order valence-electron chi connectivity index (χ1n) is 18.0. The van der Waals surface area contributed by atoms with Crippen molar-refractivity contribution in [1.29, 1.82) is 0 Å². The minimum Gasteiger partial charge on any atom is -0.309 e. The summed E-state index contributed by atoms with van der Waals surface area (Å²) >= 11 is 0. The fourth-order valence-corrected chi connectivity index (χ4v) is 10.4. The number of para-hydroxylation sites is 4. The Morgan fingerprint density at radius 2 is 0.961 bits per heavy atom. The van der Waals surface area contributed by atoms with Crippen LogP contribution in [0.25, 0.3) is 66.1 Å². The normalized spacial score (nSPS) is 19.7. The summed E-state index contributed by atoms with van der Waals surface area (Å²) in [5.74, 6) is 0.440. The van der Waals surface area contributed by atoms with Crippen LogP contribution in [0.1, 0.15) is 28.2 Å². The molecule has 2 heterocycles. The summed E-state index contributed by atoms with van der Waals surface area (Å²) in [6.45, 7) is 0. The van der Waals surface area contributed by atoms with Gasteiger partial charge in [0.2, 0.25) is 0 Å². The molecule has 3 unspecified atom stereocenters. The third kappa shape index (κ3) is 3.29. The maximum Gasteiger partial charge on any atom is 0.0622 e. The van der Waals surface area contributed by atoms with Crippen LogP contribution in [0.4, 0.5) is 0 Å². The molecule has 2 aromatic heterocycles. The summed E-state index contributed by atoms with van der Waals surface area (Å²) in [5.41, 5.74) is 15.6. The van der Waals surface area contributed by atoms with Crippen LogP contribution < -0.4 is 0 Å². The molecule has 9 aromatic rings. The lowest BCUT2D eigenvalue weighted by Gasteiger charge is -2.36. The number of hydrogen-bond acceptors (Lipinski definition) is 0. The fraction of sp³-hybridized carbons (Fsp3) is 0.0612. The molecule has 7 aromatic carbocycles. The minimum absolute atomic E-state index is 0.218. The van der Waals surface area contributed by atoms with Crippen molar-refractivity contribution >= 4 is 43.6 Å². The van der Waals surface area contributed by atoms with E-state index >= 15 is 0 Å². The standard InChI is InChI=1S/C49H32N2/c1-3-15-31(16-4-1)50-43-25-13-9-19-33(43)35-27-29-41-45(47(35)50)37-21-7-11-23-39(37)49(41)40-24-12-8-22-38(40)46-42(49)30-28-36-34-20-10-14-26-44(34)51(48(36)46)32-17-5-2-6-18-32/h1-30,37,39H. The average Bonchev–Trinajstić information content (AvgIpc) is 3.90. The molecule has 3 atom stereocenters. The lowest BCUT2D eigenvalue weighted by atomic mass is 9.65. The molecule has 3 aliphatic rings. The average molecular weight is 649 g/mol. The SMILES string of the molecule is C1=CC2c3c(ccc4c5ccccc5n(-c5ccccc5)c34)C3(c4ccccc4-c4c3ccc3c5ccccc5n(-c5ccccc5)c43)C2C=C1. The number of aromatic nitrogens is 2. The van der Waals surface area contributed by atoms with Crippen molar-refractivity contribution in [2.75, 3.05) is 0 Å². The Hall–Kier alpha value is -6.38. The number of benzene rings is 7. The molecule has 2 heteroatoms. The Morgan fingerprint density at radius 1 is 0.412 bits per heavy atom. The summed E-state index contributed by atoms with van der Waals surface area (Å²) < 4.78 is 5.05. The number of rotatable bonds is 2. The van der Waals surface area contributed by atoms with Gasteiger partial charge in [-0.05, 0) is 64.2 Å². The highest BCUT2D eigenvalue weighted by molar-refractivity contribution is 6.17. The molecule has 0 saturated carbocycles. The third-order valence-electron chi connectivity index (χ3n) is 12.2. The highest BCUT2D eigenvalue weighted by Gasteiger charge is 2.58. The highest BCUT2D eigenvalue weighted by atomic mass is 15.0. The first kappa shape index (κ1) is 27.4. The van der Waals surface area contributed by atoms with Crippen molar-refractivity contribution in [1.82, 2.24) is 9.13 Å². The minimum atomic E-state index is -0.356. The van der Waals surface area contributed by atoms with Gasteiger partial charge in [-0.3, -0.25) is 0 Å². The van der Waals surface area contributed by atoms with E-state index in [1.807, 2.05) is 0 Å². The van der Waals surface area contributed by atoms with Crippen molar-refractivity contribution in [3.05, 3.63) is 204 Å². The van der Waals surface area contributed by atoms with E-state index in [4.69, 9.17) is 0 Å². The van der Waals surface area contributed by atoms with Crippen molar-refractivity contribution in [2.45, 2.75) is 11.3 Å². The van der Waals surface area contributed by atoms with Crippen LogP contribution in [-0.4, -0.2) is 9.13 Å². The second-order valence-corrected chi connectivity index (χ2v) is 14.4. The molecule has 1 spiro atoms. The molecule has 0 fully saturated rings. The van der Waals surface area contributed by atoms with E-state index in [0.717, 1.165) is 0 Å². The van der Waals surface area contributed by atoms with E-state index in [-0.39, 0.29) is 17.3 Å². The van der Waals surface area contributed by atoms with Crippen LogP contribution in [0.2, 0.25) is 0 Å². The summed E-state index contributed by atoms with van der Waals surface area (Å²) in [7, 11) is 0. The van der Waals surface area contributed by atoms with Gasteiger partial charge in [0.05, 0.1) is 27.5 Å². The number of allylic oxidation sites excluding steroid dienone is 4. The Kier molecular flexibility index (Phi) is 5.31. The smallest absolute Gasteiger partial charge is 0.0622 e. The van der Waals surface area contributed by atoms with E-state index in [1.54, 1.807) is 0 Å². The maximum atomic E-state index is 2.53. The molecule has 51 heavy (non-hydrogen) atoms. The predicted octanol–water partition coefficient (Wildman–Crippen LogP) is 12.0. The van der Waals surface area contributed by atoms with Crippen molar-refractivity contribution in [3.8, 4) is 22.5 Å². The van der Waals surface area contributed by atoms with E-state index in [2.05, 4.69) is 191 Å². The second kappa shape index (κ2) is 9.87. The molecule has 12 rings (SSSR count). The van der Waals surface area contributed by atoms with E-state index in [1.165, 1.54) is 88.4 Å². The number of nitrogens with zero attached hydrogens (tertiary/aromatic N) is 2. The first-order chi connectivity index (χ1) is 25.4. The Bertz CT molecular complexity index is 2970. The Balaban J connectivity index is 1.27. The molecule has 0 N–H and O–H groups in total. The van der Waals surface area contributed by atoms with Crippen LogP contribution in [0, 0.1) is 5.92 Å². The Labute approximate surface area is 295 Å². The molecule has 238 valence electrons. The molecular formula is C49H32N2. The van der Waals surface area contributed by atoms with E-state index < -0.39 is 0 Å². The maximum absolute atomic E-state index is 2.53. The van der Waals surface area contributed by atoms with Gasteiger partial charge in [0, 0.05) is 50.3 Å². The zero-order valence-corrected chi connectivity index (χ0v) is 27.9. The van der Waals surface area contributed by atoms with Crippen LogP contribution in [-0.2, 0) is 5.41 Å². The highest BCUT2D eigenvalue weighted by Crippen LogP contribution is 2.67. The third-order valence-corrected chi connectivity index (χ3v) is 12.2. The molecule has 0 bridgehead atoms. The van der Waals surface area contributed by atoms with Gasteiger partial charge in [-0.2, -0.15) is 0 Å².